The van der Waals surface area contributed by atoms with E-state index in [9.17, 15) is 9.59 Å². The third-order valence-electron chi connectivity index (χ3n) is 7.75. The molecule has 0 radical (unpaired) electrons. The standard InChI is InChI=1S/C28H30N4O4/c1-31-23(19-10-11-24-25(14-19)36-17-35-24)15-29-28(31)30-26(33)21-8-4-5-9-22(21)27(34)32-13-12-18-6-2-3-7-20(18)16-32/h2-3,6-7,10-11,14-15,21-22H,4-5,8-9,12-13,16-17H2,1H3,(H,29,30,33). The maximum atomic E-state index is 13.6. The van der Waals surface area contributed by atoms with E-state index in [-0.39, 0.29) is 30.4 Å². The lowest BCUT2D eigenvalue weighted by atomic mass is 9.77. The molecule has 36 heavy (non-hydrogen) atoms. The van der Waals surface area contributed by atoms with Gasteiger partial charge in [-0.05, 0) is 48.6 Å². The number of anilines is 1. The van der Waals surface area contributed by atoms with Gasteiger partial charge in [0.1, 0.15) is 0 Å². The molecule has 2 aliphatic heterocycles. The SMILES string of the molecule is Cn1c(-c2ccc3c(c2)OCO3)cnc1NC(=O)C1CCCCC1C(=O)N1CCc2ccccc2C1. The number of benzene rings is 2. The first-order valence-electron chi connectivity index (χ1n) is 12.7. The van der Waals surface area contributed by atoms with Crippen molar-refractivity contribution in [2.45, 2.75) is 38.6 Å². The summed E-state index contributed by atoms with van der Waals surface area (Å²) in [7, 11) is 1.87. The summed E-state index contributed by atoms with van der Waals surface area (Å²) in [6.45, 7) is 1.55. The van der Waals surface area contributed by atoms with Gasteiger partial charge in [-0.1, -0.05) is 37.1 Å². The molecule has 3 heterocycles. The van der Waals surface area contributed by atoms with Gasteiger partial charge in [0.25, 0.3) is 0 Å². The molecule has 1 fully saturated rings. The first-order chi connectivity index (χ1) is 17.6. The van der Waals surface area contributed by atoms with Crippen LogP contribution in [0.4, 0.5) is 5.95 Å². The molecule has 1 saturated carbocycles. The Balaban J connectivity index is 1.17. The summed E-state index contributed by atoms with van der Waals surface area (Å²) in [5.41, 5.74) is 4.29. The smallest absolute Gasteiger partial charge is 0.231 e. The third kappa shape index (κ3) is 4.10. The van der Waals surface area contributed by atoms with E-state index in [1.807, 2.05) is 46.8 Å². The summed E-state index contributed by atoms with van der Waals surface area (Å²) < 4.78 is 12.8. The van der Waals surface area contributed by atoms with E-state index in [4.69, 9.17) is 9.47 Å². The number of fused-ring (bicyclic) bond motifs is 2. The van der Waals surface area contributed by atoms with Crippen LogP contribution in [-0.4, -0.2) is 39.6 Å². The lowest BCUT2D eigenvalue weighted by Crippen LogP contribution is -2.45. The highest BCUT2D eigenvalue weighted by atomic mass is 16.7. The van der Waals surface area contributed by atoms with Gasteiger partial charge < -0.3 is 18.9 Å². The van der Waals surface area contributed by atoms with Crippen molar-refractivity contribution < 1.29 is 19.1 Å². The topological polar surface area (TPSA) is 85.7 Å². The van der Waals surface area contributed by atoms with E-state index in [0.29, 0.717) is 31.2 Å². The van der Waals surface area contributed by atoms with Crippen molar-refractivity contribution in [3.05, 3.63) is 59.8 Å². The van der Waals surface area contributed by atoms with Crippen LogP contribution in [0.15, 0.2) is 48.7 Å². The van der Waals surface area contributed by atoms with Crippen molar-refractivity contribution in [2.24, 2.45) is 18.9 Å². The number of aromatic nitrogens is 2. The predicted octanol–water partition coefficient (Wildman–Crippen LogP) is 4.15. The Morgan fingerprint density at radius 1 is 1.00 bits per heavy atom. The molecule has 1 aromatic heterocycles. The summed E-state index contributed by atoms with van der Waals surface area (Å²) in [5.74, 6) is 1.22. The predicted molar refractivity (Wildman–Crippen MR) is 134 cm³/mol. The van der Waals surface area contributed by atoms with Crippen molar-refractivity contribution in [2.75, 3.05) is 18.7 Å². The molecule has 2 unspecified atom stereocenters. The van der Waals surface area contributed by atoms with Crippen LogP contribution in [-0.2, 0) is 29.6 Å². The average molecular weight is 487 g/mol. The van der Waals surface area contributed by atoms with E-state index >= 15 is 0 Å². The van der Waals surface area contributed by atoms with Crippen LogP contribution in [0.5, 0.6) is 11.5 Å². The van der Waals surface area contributed by atoms with Crippen molar-refractivity contribution in [3.8, 4) is 22.8 Å². The Kier molecular flexibility index (Phi) is 5.87. The van der Waals surface area contributed by atoms with Gasteiger partial charge in [0.2, 0.25) is 24.6 Å². The summed E-state index contributed by atoms with van der Waals surface area (Å²) in [5, 5.41) is 3.01. The Morgan fingerprint density at radius 3 is 2.64 bits per heavy atom. The Bertz CT molecular complexity index is 1320. The van der Waals surface area contributed by atoms with Gasteiger partial charge in [-0.25, -0.2) is 4.98 Å². The first-order valence-corrected chi connectivity index (χ1v) is 12.7. The number of amides is 2. The zero-order valence-electron chi connectivity index (χ0n) is 20.4. The summed E-state index contributed by atoms with van der Waals surface area (Å²) >= 11 is 0. The van der Waals surface area contributed by atoms with E-state index in [1.54, 1.807) is 6.20 Å². The minimum Gasteiger partial charge on any atom is -0.454 e. The number of imidazole rings is 1. The number of carbonyl (C=O) groups is 2. The molecular weight excluding hydrogens is 456 g/mol. The van der Waals surface area contributed by atoms with Crippen LogP contribution < -0.4 is 14.8 Å². The molecule has 0 spiro atoms. The fraction of sp³-hybridized carbons (Fsp3) is 0.393. The molecule has 6 rings (SSSR count). The quantitative estimate of drug-likeness (QED) is 0.599. The van der Waals surface area contributed by atoms with Crippen LogP contribution >= 0.6 is 0 Å². The zero-order chi connectivity index (χ0) is 24.6. The average Bonchev–Trinajstić information content (AvgIpc) is 3.54. The van der Waals surface area contributed by atoms with Crippen LogP contribution in [0.2, 0.25) is 0 Å². The van der Waals surface area contributed by atoms with E-state index in [1.165, 1.54) is 11.1 Å². The molecule has 2 amide bonds. The third-order valence-corrected chi connectivity index (χ3v) is 7.75. The van der Waals surface area contributed by atoms with Crippen LogP contribution in [0.1, 0.15) is 36.8 Å². The fourth-order valence-corrected chi connectivity index (χ4v) is 5.71. The Labute approximate surface area is 210 Å². The molecule has 1 N–H and O–H groups in total. The van der Waals surface area contributed by atoms with Gasteiger partial charge in [-0.2, -0.15) is 0 Å². The second-order valence-corrected chi connectivity index (χ2v) is 9.86. The van der Waals surface area contributed by atoms with E-state index in [2.05, 4.69) is 22.4 Å². The van der Waals surface area contributed by atoms with Crippen molar-refractivity contribution >= 4 is 17.8 Å². The Hall–Kier alpha value is -3.81. The molecular formula is C28H30N4O4. The number of nitrogens with zero attached hydrogens (tertiary/aromatic N) is 3. The second-order valence-electron chi connectivity index (χ2n) is 9.86. The Morgan fingerprint density at radius 2 is 1.78 bits per heavy atom. The van der Waals surface area contributed by atoms with Gasteiger partial charge in [-0.3, -0.25) is 14.9 Å². The molecule has 2 atom stereocenters. The molecule has 3 aliphatic rings. The molecule has 8 nitrogen and oxygen atoms in total. The lowest BCUT2D eigenvalue weighted by Gasteiger charge is -2.36. The van der Waals surface area contributed by atoms with Gasteiger partial charge >= 0.3 is 0 Å². The number of carbonyl (C=O) groups excluding carboxylic acids is 2. The van der Waals surface area contributed by atoms with Gasteiger partial charge in [0, 0.05) is 37.5 Å². The van der Waals surface area contributed by atoms with Crippen LogP contribution in [0.25, 0.3) is 11.3 Å². The molecule has 0 bridgehead atoms. The number of rotatable bonds is 4. The minimum atomic E-state index is -0.353. The minimum absolute atomic E-state index is 0.102. The highest BCUT2D eigenvalue weighted by Gasteiger charge is 2.39. The first kappa shape index (κ1) is 22.6. The van der Waals surface area contributed by atoms with Crippen molar-refractivity contribution in [1.82, 2.24) is 14.5 Å². The number of nitrogens with one attached hydrogen (secondary N) is 1. The highest BCUT2D eigenvalue weighted by Crippen LogP contribution is 2.37. The van der Waals surface area contributed by atoms with Crippen molar-refractivity contribution in [3.63, 3.8) is 0 Å². The van der Waals surface area contributed by atoms with E-state index in [0.717, 1.165) is 42.7 Å². The van der Waals surface area contributed by atoms with Gasteiger partial charge in [-0.15, -0.1) is 0 Å². The zero-order valence-corrected chi connectivity index (χ0v) is 20.4. The second kappa shape index (κ2) is 9.33. The maximum Gasteiger partial charge on any atom is 0.231 e. The molecule has 2 aromatic carbocycles. The van der Waals surface area contributed by atoms with Gasteiger partial charge in [0.15, 0.2) is 11.5 Å². The van der Waals surface area contributed by atoms with Crippen LogP contribution in [0, 0.1) is 11.8 Å². The normalized spacial score (nSPS) is 20.6. The summed E-state index contributed by atoms with van der Waals surface area (Å²) in [6.07, 6.45) is 5.99. The lowest BCUT2D eigenvalue weighted by molar-refractivity contribution is -0.143. The molecule has 3 aromatic rings. The summed E-state index contributed by atoms with van der Waals surface area (Å²) in [6, 6.07) is 14.0. The van der Waals surface area contributed by atoms with Crippen molar-refractivity contribution in [1.29, 1.82) is 0 Å². The molecule has 0 saturated heterocycles. The number of hydrogen-bond donors (Lipinski definition) is 1. The van der Waals surface area contributed by atoms with Gasteiger partial charge in [0.05, 0.1) is 11.9 Å². The largest absolute Gasteiger partial charge is 0.454 e. The monoisotopic (exact) mass is 486 g/mol. The molecule has 1 aliphatic carbocycles. The number of hydrogen-bond acceptors (Lipinski definition) is 5. The van der Waals surface area contributed by atoms with E-state index < -0.39 is 0 Å². The molecule has 8 heteroatoms. The van der Waals surface area contributed by atoms with Crippen LogP contribution in [0.3, 0.4) is 0 Å². The fourth-order valence-electron chi connectivity index (χ4n) is 5.71. The maximum absolute atomic E-state index is 13.6. The number of ether oxygens (including phenoxy) is 2. The highest BCUT2D eigenvalue weighted by molar-refractivity contribution is 5.95. The molecule has 186 valence electrons. The summed E-state index contributed by atoms with van der Waals surface area (Å²) in [4.78, 5) is 33.4.